The van der Waals surface area contributed by atoms with Gasteiger partial charge in [0.05, 0.1) is 0 Å². The lowest BCUT2D eigenvalue weighted by molar-refractivity contribution is -0.131. The molecule has 1 N–H and O–H groups in total. The Labute approximate surface area is 83.9 Å². The van der Waals surface area contributed by atoms with Crippen LogP contribution in [0.25, 0.3) is 11.1 Å². The molecule has 0 atom stereocenters. The van der Waals surface area contributed by atoms with Crippen molar-refractivity contribution in [2.45, 2.75) is 20.3 Å². The van der Waals surface area contributed by atoms with E-state index >= 15 is 0 Å². The molecule has 0 bridgehead atoms. The molecule has 0 aromatic carbocycles. The van der Waals surface area contributed by atoms with Crippen LogP contribution < -0.4 is 0 Å². The van der Waals surface area contributed by atoms with Crippen molar-refractivity contribution < 1.29 is 9.90 Å². The van der Waals surface area contributed by atoms with Crippen LogP contribution in [0.2, 0.25) is 0 Å². The van der Waals surface area contributed by atoms with Crippen molar-refractivity contribution in [1.82, 2.24) is 0 Å². The molecule has 0 saturated heterocycles. The lowest BCUT2D eigenvalue weighted by atomic mass is 9.95. The summed E-state index contributed by atoms with van der Waals surface area (Å²) in [5.74, 6) is -0.857. The summed E-state index contributed by atoms with van der Waals surface area (Å²) in [5.41, 5.74) is 3.75. The van der Waals surface area contributed by atoms with Gasteiger partial charge in [-0.05, 0) is 24.5 Å². The summed E-state index contributed by atoms with van der Waals surface area (Å²) < 4.78 is 0. The molecule has 0 aromatic rings. The van der Waals surface area contributed by atoms with Gasteiger partial charge in [-0.3, -0.25) is 0 Å². The van der Waals surface area contributed by atoms with Crippen molar-refractivity contribution in [2.24, 2.45) is 0 Å². The number of hydrogen-bond donors (Lipinski definition) is 1. The van der Waals surface area contributed by atoms with Gasteiger partial charge in [0, 0.05) is 6.08 Å². The summed E-state index contributed by atoms with van der Waals surface area (Å²) in [6, 6.07) is 8.48. The number of hydrogen-bond acceptors (Lipinski definition) is 1. The first kappa shape index (κ1) is 10.5. The predicted octanol–water partition coefficient (Wildman–Crippen LogP) is 3.09. The van der Waals surface area contributed by atoms with E-state index in [2.05, 4.69) is 24.3 Å². The lowest BCUT2D eigenvalue weighted by Crippen LogP contribution is -1.88. The van der Waals surface area contributed by atoms with Gasteiger partial charge in [-0.15, -0.1) is 0 Å². The van der Waals surface area contributed by atoms with Gasteiger partial charge < -0.3 is 5.11 Å². The van der Waals surface area contributed by atoms with Crippen molar-refractivity contribution in [2.75, 3.05) is 0 Å². The molecule has 2 nitrogen and oxygen atoms in total. The smallest absolute Gasteiger partial charge is 0.328 e. The number of carboxylic acids is 1. The fourth-order valence-electron chi connectivity index (χ4n) is 0.976. The highest BCUT2D eigenvalue weighted by Crippen LogP contribution is 2.29. The van der Waals surface area contributed by atoms with Crippen LogP contribution in [0.5, 0.6) is 0 Å². The topological polar surface area (TPSA) is 37.3 Å². The van der Waals surface area contributed by atoms with Gasteiger partial charge in [0.1, 0.15) is 0 Å². The molecule has 0 spiro atoms. The van der Waals surface area contributed by atoms with E-state index in [-0.39, 0.29) is 0 Å². The van der Waals surface area contributed by atoms with E-state index in [0.29, 0.717) is 0 Å². The molecule has 74 valence electrons. The maximum atomic E-state index is 9.89. The highest BCUT2D eigenvalue weighted by atomic mass is 16.4. The number of benzene rings is 1. The van der Waals surface area contributed by atoms with E-state index in [0.717, 1.165) is 12.0 Å². The Morgan fingerprint density at radius 1 is 1.29 bits per heavy atom. The van der Waals surface area contributed by atoms with Gasteiger partial charge in [0.2, 0.25) is 0 Å². The summed E-state index contributed by atoms with van der Waals surface area (Å²) in [7, 11) is 0. The molecule has 0 fully saturated rings. The molecule has 0 radical (unpaired) electrons. The molecule has 0 amide bonds. The molecular weight excluding hydrogens is 176 g/mol. The van der Waals surface area contributed by atoms with Crippen LogP contribution in [0, 0.1) is 0 Å². The van der Waals surface area contributed by atoms with E-state index in [1.807, 2.05) is 6.92 Å². The zero-order valence-corrected chi connectivity index (χ0v) is 8.45. The number of carboxylic acid groups (broad SMARTS) is 1. The fraction of sp³-hybridized carbons (Fsp3) is 0.250. The molecule has 2 aliphatic carbocycles. The van der Waals surface area contributed by atoms with Crippen LogP contribution in [0.1, 0.15) is 20.3 Å². The van der Waals surface area contributed by atoms with E-state index in [4.69, 9.17) is 5.11 Å². The highest BCUT2D eigenvalue weighted by molar-refractivity contribution is 5.80. The largest absolute Gasteiger partial charge is 0.478 e. The zero-order valence-electron chi connectivity index (χ0n) is 8.45. The maximum Gasteiger partial charge on any atom is 0.328 e. The molecule has 0 heterocycles. The molecule has 0 aromatic heterocycles. The number of rotatable bonds is 2. The number of aliphatic carboxylic acids is 1. The molecule has 2 heteroatoms. The van der Waals surface area contributed by atoms with Crippen LogP contribution in [0.15, 0.2) is 35.9 Å². The lowest BCUT2D eigenvalue weighted by Gasteiger charge is -2.10. The number of carbonyl (C=O) groups is 1. The van der Waals surface area contributed by atoms with Crippen LogP contribution in [-0.2, 0) is 4.79 Å². The Hall–Kier alpha value is -1.57. The van der Waals surface area contributed by atoms with Gasteiger partial charge in [-0.2, -0.15) is 0 Å². The normalized spacial score (nSPS) is 11.4. The summed E-state index contributed by atoms with van der Waals surface area (Å²) >= 11 is 0. The summed E-state index contributed by atoms with van der Waals surface area (Å²) in [5, 5.41) is 8.14. The minimum atomic E-state index is -0.857. The monoisotopic (exact) mass is 190 g/mol. The number of fused-ring (bicyclic) bond motifs is 1. The minimum Gasteiger partial charge on any atom is -0.478 e. The predicted molar refractivity (Wildman–Crippen MR) is 57.1 cm³/mol. The average molecular weight is 190 g/mol. The van der Waals surface area contributed by atoms with Crippen molar-refractivity contribution in [1.29, 1.82) is 0 Å². The summed E-state index contributed by atoms with van der Waals surface area (Å²) in [4.78, 5) is 9.89. The van der Waals surface area contributed by atoms with Gasteiger partial charge >= 0.3 is 5.97 Å². The van der Waals surface area contributed by atoms with Crippen molar-refractivity contribution in [3.8, 4) is 11.1 Å². The molecule has 2 rings (SSSR count). The third-order valence-corrected chi connectivity index (χ3v) is 2.15. The Morgan fingerprint density at radius 3 is 1.79 bits per heavy atom. The minimum absolute atomic E-state index is 0.812. The average Bonchev–Trinajstić information content (AvgIpc) is 2.11. The first-order chi connectivity index (χ1) is 6.63. The third-order valence-electron chi connectivity index (χ3n) is 2.15. The second kappa shape index (κ2) is 4.61. The Kier molecular flexibility index (Phi) is 3.46. The SMILES string of the molecule is CC/C(C)=C/C(=O)O.c1cc2ccc1-2. The standard InChI is InChI=1S/C6H10O2.C6H4/c1-3-5(2)4-6(7)8;1-2-6-4-3-5(1)6/h4H,3H2,1-2H3,(H,7,8);1-4H/b5-4+;. The molecule has 0 aliphatic heterocycles. The van der Waals surface area contributed by atoms with E-state index in [1.54, 1.807) is 6.92 Å². The molecular formula is C12H14O2. The van der Waals surface area contributed by atoms with Crippen LogP contribution in [0.3, 0.4) is 0 Å². The zero-order chi connectivity index (χ0) is 10.6. The fourth-order valence-corrected chi connectivity index (χ4v) is 0.976. The quantitative estimate of drug-likeness (QED) is 0.739. The van der Waals surface area contributed by atoms with E-state index < -0.39 is 5.97 Å². The second-order valence-electron chi connectivity index (χ2n) is 3.26. The molecule has 2 aliphatic rings. The number of allylic oxidation sites excluding steroid dienone is 1. The van der Waals surface area contributed by atoms with E-state index in [1.165, 1.54) is 17.2 Å². The maximum absolute atomic E-state index is 9.89. The first-order valence-corrected chi connectivity index (χ1v) is 4.64. The Bertz CT molecular complexity index is 326. The van der Waals surface area contributed by atoms with Gasteiger partial charge in [-0.1, -0.05) is 36.8 Å². The van der Waals surface area contributed by atoms with Crippen molar-refractivity contribution in [3.63, 3.8) is 0 Å². The van der Waals surface area contributed by atoms with Crippen molar-refractivity contribution >= 4 is 5.97 Å². The molecule has 14 heavy (non-hydrogen) atoms. The molecule has 0 saturated carbocycles. The third kappa shape index (κ3) is 2.73. The first-order valence-electron chi connectivity index (χ1n) is 4.64. The second-order valence-corrected chi connectivity index (χ2v) is 3.26. The van der Waals surface area contributed by atoms with Crippen molar-refractivity contribution in [3.05, 3.63) is 35.9 Å². The van der Waals surface area contributed by atoms with Crippen LogP contribution in [0.4, 0.5) is 0 Å². The summed E-state index contributed by atoms with van der Waals surface area (Å²) in [6.45, 7) is 3.73. The van der Waals surface area contributed by atoms with Gasteiger partial charge in [0.15, 0.2) is 0 Å². The Balaban J connectivity index is 0.000000143. The highest BCUT2D eigenvalue weighted by Gasteiger charge is 2.03. The van der Waals surface area contributed by atoms with Crippen LogP contribution in [-0.4, -0.2) is 11.1 Å². The van der Waals surface area contributed by atoms with Gasteiger partial charge in [-0.25, -0.2) is 4.79 Å². The van der Waals surface area contributed by atoms with E-state index in [9.17, 15) is 4.79 Å². The van der Waals surface area contributed by atoms with Gasteiger partial charge in [0.25, 0.3) is 0 Å². The molecule has 0 unspecified atom stereocenters. The summed E-state index contributed by atoms with van der Waals surface area (Å²) in [6.07, 6.45) is 2.03. The Morgan fingerprint density at radius 2 is 1.71 bits per heavy atom. The van der Waals surface area contributed by atoms with Crippen LogP contribution >= 0.6 is 0 Å².